The van der Waals surface area contributed by atoms with Crippen molar-refractivity contribution >= 4 is 16.1 Å². The molecular formula is C8H14O3S. The predicted molar refractivity (Wildman–Crippen MR) is 48.5 cm³/mol. The van der Waals surface area contributed by atoms with Crippen LogP contribution in [0.2, 0.25) is 0 Å². The number of sulfone groups is 1. The number of rotatable bonds is 7. The smallest absolute Gasteiger partial charge is 0.171 e. The van der Waals surface area contributed by atoms with Crippen LogP contribution >= 0.6 is 0 Å². The summed E-state index contributed by atoms with van der Waals surface area (Å²) in [4.78, 5) is 9.89. The van der Waals surface area contributed by atoms with E-state index in [1.165, 1.54) is 0 Å². The van der Waals surface area contributed by atoms with Crippen molar-refractivity contribution in [2.45, 2.75) is 25.7 Å². The molecule has 0 spiro atoms. The molecule has 0 saturated heterocycles. The lowest BCUT2D eigenvalue weighted by atomic mass is 10.2. The molecule has 0 radical (unpaired) electrons. The van der Waals surface area contributed by atoms with Gasteiger partial charge >= 0.3 is 0 Å². The van der Waals surface area contributed by atoms with Gasteiger partial charge in [-0.1, -0.05) is 13.0 Å². The maximum atomic E-state index is 10.8. The average Bonchev–Trinajstić information content (AvgIpc) is 2.04. The van der Waals surface area contributed by atoms with Crippen LogP contribution in [0.4, 0.5) is 0 Å². The van der Waals surface area contributed by atoms with Gasteiger partial charge in [-0.3, -0.25) is 0 Å². The number of hydrogen-bond donors (Lipinski definition) is 0. The zero-order valence-electron chi connectivity index (χ0n) is 7.03. The highest BCUT2D eigenvalue weighted by molar-refractivity contribution is 7.94. The van der Waals surface area contributed by atoms with E-state index in [1.54, 1.807) is 0 Å². The van der Waals surface area contributed by atoms with Crippen LogP contribution in [0.1, 0.15) is 25.7 Å². The van der Waals surface area contributed by atoms with Crippen molar-refractivity contribution in [3.63, 3.8) is 0 Å². The third-order valence-electron chi connectivity index (χ3n) is 1.50. The molecule has 0 aliphatic carbocycles. The van der Waals surface area contributed by atoms with Crippen LogP contribution in [0.3, 0.4) is 0 Å². The molecule has 0 heterocycles. The van der Waals surface area contributed by atoms with E-state index in [1.807, 2.05) is 0 Å². The SMILES string of the molecule is C=CS(=O)(=O)CCCCCC=O. The van der Waals surface area contributed by atoms with Gasteiger partial charge in [0.15, 0.2) is 9.84 Å². The van der Waals surface area contributed by atoms with Gasteiger partial charge < -0.3 is 4.79 Å². The molecule has 0 aromatic heterocycles. The number of unbranched alkanes of at least 4 members (excludes halogenated alkanes) is 3. The molecule has 3 nitrogen and oxygen atoms in total. The Morgan fingerprint density at radius 1 is 1.17 bits per heavy atom. The van der Waals surface area contributed by atoms with E-state index in [0.717, 1.165) is 24.5 Å². The molecule has 12 heavy (non-hydrogen) atoms. The van der Waals surface area contributed by atoms with E-state index in [9.17, 15) is 13.2 Å². The normalized spacial score (nSPS) is 11.0. The second kappa shape index (κ2) is 5.94. The van der Waals surface area contributed by atoms with E-state index in [4.69, 9.17) is 0 Å². The Kier molecular flexibility index (Phi) is 5.62. The van der Waals surface area contributed by atoms with Crippen molar-refractivity contribution in [2.75, 3.05) is 5.75 Å². The molecule has 4 heteroatoms. The summed E-state index contributed by atoms with van der Waals surface area (Å²) < 4.78 is 21.7. The van der Waals surface area contributed by atoms with Gasteiger partial charge in [-0.25, -0.2) is 8.42 Å². The predicted octanol–water partition coefficient (Wildman–Crippen LogP) is 1.30. The van der Waals surface area contributed by atoms with Gasteiger partial charge in [0.2, 0.25) is 0 Å². The Balaban J connectivity index is 3.44. The molecule has 0 unspecified atom stereocenters. The lowest BCUT2D eigenvalue weighted by Crippen LogP contribution is -2.01. The van der Waals surface area contributed by atoms with Crippen LogP contribution in [0.5, 0.6) is 0 Å². The zero-order valence-corrected chi connectivity index (χ0v) is 7.85. The summed E-state index contributed by atoms with van der Waals surface area (Å²) in [5.41, 5.74) is 0. The largest absolute Gasteiger partial charge is 0.303 e. The minimum Gasteiger partial charge on any atom is -0.303 e. The first kappa shape index (κ1) is 11.4. The second-order valence-electron chi connectivity index (χ2n) is 2.55. The summed E-state index contributed by atoms with van der Waals surface area (Å²) in [6.45, 7) is 3.20. The Bertz CT molecular complexity index is 229. The first-order valence-corrected chi connectivity index (χ1v) is 5.63. The van der Waals surface area contributed by atoms with E-state index in [0.29, 0.717) is 12.8 Å². The fourth-order valence-corrected chi connectivity index (χ4v) is 1.56. The molecule has 0 fully saturated rings. The minimum atomic E-state index is -3.03. The molecule has 0 aliphatic heterocycles. The van der Waals surface area contributed by atoms with Crippen molar-refractivity contribution in [2.24, 2.45) is 0 Å². The molecule has 70 valence electrons. The van der Waals surface area contributed by atoms with Crippen molar-refractivity contribution in [1.82, 2.24) is 0 Å². The van der Waals surface area contributed by atoms with Gasteiger partial charge in [-0.15, -0.1) is 0 Å². The maximum Gasteiger partial charge on any atom is 0.171 e. The number of carbonyl (C=O) groups excluding carboxylic acids is 1. The topological polar surface area (TPSA) is 51.2 Å². The summed E-state index contributed by atoms with van der Waals surface area (Å²) in [5.74, 6) is 0.148. The molecule has 0 aromatic rings. The summed E-state index contributed by atoms with van der Waals surface area (Å²) in [6.07, 6.45) is 3.54. The van der Waals surface area contributed by atoms with E-state index < -0.39 is 9.84 Å². The van der Waals surface area contributed by atoms with Gasteiger partial charge in [0.1, 0.15) is 6.29 Å². The molecule has 0 aliphatic rings. The van der Waals surface area contributed by atoms with E-state index in [2.05, 4.69) is 6.58 Å². The number of hydrogen-bond acceptors (Lipinski definition) is 3. The highest BCUT2D eigenvalue weighted by Crippen LogP contribution is 2.02. The Morgan fingerprint density at radius 3 is 2.33 bits per heavy atom. The average molecular weight is 190 g/mol. The van der Waals surface area contributed by atoms with Gasteiger partial charge in [-0.05, 0) is 12.8 Å². The Morgan fingerprint density at radius 2 is 1.83 bits per heavy atom. The fourth-order valence-electron chi connectivity index (χ4n) is 0.791. The van der Waals surface area contributed by atoms with Crippen LogP contribution in [-0.4, -0.2) is 20.5 Å². The Hall–Kier alpha value is -0.640. The summed E-state index contributed by atoms with van der Waals surface area (Å²) in [6, 6.07) is 0. The van der Waals surface area contributed by atoms with Crippen LogP contribution < -0.4 is 0 Å². The van der Waals surface area contributed by atoms with Crippen LogP contribution in [0, 0.1) is 0 Å². The van der Waals surface area contributed by atoms with Crippen molar-refractivity contribution in [3.8, 4) is 0 Å². The zero-order chi connectivity index (χ0) is 9.45. The summed E-state index contributed by atoms with van der Waals surface area (Å²) in [7, 11) is -3.03. The molecule has 0 bridgehead atoms. The minimum absolute atomic E-state index is 0.148. The lowest BCUT2D eigenvalue weighted by molar-refractivity contribution is -0.107. The van der Waals surface area contributed by atoms with Crippen molar-refractivity contribution < 1.29 is 13.2 Å². The molecule has 0 amide bonds. The standard InChI is InChI=1S/C8H14O3S/c1-2-12(10,11)8-6-4-3-5-7-9/h2,7H,1,3-6,8H2. The third kappa shape index (κ3) is 6.09. The highest BCUT2D eigenvalue weighted by Gasteiger charge is 2.02. The van der Waals surface area contributed by atoms with Crippen molar-refractivity contribution in [1.29, 1.82) is 0 Å². The molecule has 0 rings (SSSR count). The molecular weight excluding hydrogens is 176 g/mol. The Labute approximate surface area is 73.4 Å². The molecule has 0 saturated carbocycles. The highest BCUT2D eigenvalue weighted by atomic mass is 32.2. The second-order valence-corrected chi connectivity index (χ2v) is 4.62. The number of aldehydes is 1. The monoisotopic (exact) mass is 190 g/mol. The van der Waals surface area contributed by atoms with Crippen molar-refractivity contribution in [3.05, 3.63) is 12.0 Å². The fraction of sp³-hybridized carbons (Fsp3) is 0.625. The van der Waals surface area contributed by atoms with Crippen LogP contribution in [0.15, 0.2) is 12.0 Å². The van der Waals surface area contributed by atoms with E-state index >= 15 is 0 Å². The van der Waals surface area contributed by atoms with Crippen LogP contribution in [-0.2, 0) is 14.6 Å². The van der Waals surface area contributed by atoms with Gasteiger partial charge in [0.25, 0.3) is 0 Å². The summed E-state index contributed by atoms with van der Waals surface area (Å²) >= 11 is 0. The van der Waals surface area contributed by atoms with Gasteiger partial charge in [-0.2, -0.15) is 0 Å². The summed E-state index contributed by atoms with van der Waals surface area (Å²) in [5, 5.41) is 0.979. The first-order valence-electron chi connectivity index (χ1n) is 3.91. The van der Waals surface area contributed by atoms with Gasteiger partial charge in [0, 0.05) is 11.8 Å². The molecule has 0 N–H and O–H groups in total. The van der Waals surface area contributed by atoms with Gasteiger partial charge in [0.05, 0.1) is 5.75 Å². The molecule has 0 atom stereocenters. The third-order valence-corrected chi connectivity index (χ3v) is 2.87. The molecule has 0 aromatic carbocycles. The maximum absolute atomic E-state index is 10.8. The van der Waals surface area contributed by atoms with Crippen LogP contribution in [0.25, 0.3) is 0 Å². The first-order chi connectivity index (χ1) is 5.62. The lowest BCUT2D eigenvalue weighted by Gasteiger charge is -1.96. The van der Waals surface area contributed by atoms with E-state index in [-0.39, 0.29) is 5.75 Å². The number of carbonyl (C=O) groups is 1. The quantitative estimate of drug-likeness (QED) is 0.449.